The van der Waals surface area contributed by atoms with Crippen molar-refractivity contribution >= 4 is 22.9 Å². The molecule has 0 radical (unpaired) electrons. The second-order valence-corrected chi connectivity index (χ2v) is 8.35. The number of nitrogens with one attached hydrogen (secondary N) is 1. The first-order valence-corrected chi connectivity index (χ1v) is 11.1. The molecule has 156 valence electrons. The number of fused-ring (bicyclic) bond motifs is 3. The molecule has 7 nitrogen and oxygen atoms in total. The van der Waals surface area contributed by atoms with Crippen molar-refractivity contribution in [2.24, 2.45) is 5.92 Å². The van der Waals surface area contributed by atoms with Crippen molar-refractivity contribution in [2.75, 3.05) is 18.0 Å². The summed E-state index contributed by atoms with van der Waals surface area (Å²) in [7, 11) is 0. The summed E-state index contributed by atoms with van der Waals surface area (Å²) in [6.07, 6.45) is 8.13. The topological polar surface area (TPSA) is 75.9 Å². The smallest absolute Gasteiger partial charge is 0.225 e. The number of benzene rings is 1. The van der Waals surface area contributed by atoms with Crippen LogP contribution in [0.4, 0.5) is 5.82 Å². The van der Waals surface area contributed by atoms with Crippen molar-refractivity contribution in [3.8, 4) is 0 Å². The van der Waals surface area contributed by atoms with Crippen LogP contribution in [0.2, 0.25) is 0 Å². The van der Waals surface area contributed by atoms with Gasteiger partial charge in [0, 0.05) is 32.6 Å². The molecule has 1 atom stereocenters. The summed E-state index contributed by atoms with van der Waals surface area (Å²) in [5.41, 5.74) is 2.95. The molecule has 3 aromatic rings. The number of hydrogen-bond donors (Lipinski definition) is 1. The number of piperidine rings is 1. The van der Waals surface area contributed by atoms with Gasteiger partial charge in [0.1, 0.15) is 12.2 Å². The van der Waals surface area contributed by atoms with Crippen molar-refractivity contribution in [2.45, 2.75) is 51.6 Å². The van der Waals surface area contributed by atoms with Gasteiger partial charge in [-0.2, -0.15) is 0 Å². The van der Waals surface area contributed by atoms with E-state index < -0.39 is 0 Å². The maximum absolute atomic E-state index is 12.8. The zero-order chi connectivity index (χ0) is 20.3. The third-order valence-electron chi connectivity index (χ3n) is 6.28. The summed E-state index contributed by atoms with van der Waals surface area (Å²) >= 11 is 0. The Bertz CT molecular complexity index is 1030. The van der Waals surface area contributed by atoms with Crippen LogP contribution in [0, 0.1) is 5.92 Å². The molecule has 1 saturated heterocycles. The minimum atomic E-state index is -0.0343. The molecule has 30 heavy (non-hydrogen) atoms. The van der Waals surface area contributed by atoms with Crippen LogP contribution in [0.5, 0.6) is 0 Å². The van der Waals surface area contributed by atoms with E-state index in [1.807, 2.05) is 30.3 Å². The van der Waals surface area contributed by atoms with E-state index in [9.17, 15) is 4.79 Å². The van der Waals surface area contributed by atoms with Crippen molar-refractivity contribution in [3.63, 3.8) is 0 Å². The Morgan fingerprint density at radius 3 is 2.87 bits per heavy atom. The first-order chi connectivity index (χ1) is 14.8. The number of aryl methyl sites for hydroxylation is 2. The van der Waals surface area contributed by atoms with Crippen LogP contribution in [-0.2, 0) is 24.3 Å². The average molecular weight is 405 g/mol. The first-order valence-electron chi connectivity index (χ1n) is 11.1. The third-order valence-corrected chi connectivity index (χ3v) is 6.28. The number of aromatic nitrogens is 4. The van der Waals surface area contributed by atoms with E-state index in [4.69, 9.17) is 4.98 Å². The predicted octanol–water partition coefficient (Wildman–Crippen LogP) is 3.09. The number of hydrogen-bond acceptors (Lipinski definition) is 5. The molecular weight excluding hydrogens is 376 g/mol. The van der Waals surface area contributed by atoms with Crippen LogP contribution in [0.3, 0.4) is 0 Å². The van der Waals surface area contributed by atoms with E-state index in [0.717, 1.165) is 60.7 Å². The Kier molecular flexibility index (Phi) is 5.34. The number of rotatable bonds is 4. The quantitative estimate of drug-likeness (QED) is 0.723. The fourth-order valence-electron chi connectivity index (χ4n) is 4.67. The zero-order valence-electron chi connectivity index (χ0n) is 17.3. The van der Waals surface area contributed by atoms with E-state index in [1.165, 1.54) is 19.3 Å². The lowest BCUT2D eigenvalue weighted by Gasteiger charge is -2.32. The molecular formula is C23H28N6O. The summed E-state index contributed by atoms with van der Waals surface area (Å²) in [6, 6.07) is 10.1. The Morgan fingerprint density at radius 2 is 1.97 bits per heavy atom. The lowest BCUT2D eigenvalue weighted by molar-refractivity contribution is -0.125. The number of anilines is 1. The standard InChI is InChI=1S/C23H28N6O/c30-23(24-14-17-8-3-1-4-9-17)18-10-7-12-28(15-18)21-20-22(26-16-25-21)29-13-6-2-5-11-19(29)27-20/h1,3-4,8-9,16,18H,2,5-7,10-15H2,(H,24,30)/t18-/m0/s1. The van der Waals surface area contributed by atoms with Gasteiger partial charge in [-0.15, -0.1) is 0 Å². The van der Waals surface area contributed by atoms with Gasteiger partial charge >= 0.3 is 0 Å². The monoisotopic (exact) mass is 404 g/mol. The van der Waals surface area contributed by atoms with Crippen LogP contribution >= 0.6 is 0 Å². The van der Waals surface area contributed by atoms with Crippen LogP contribution < -0.4 is 10.2 Å². The van der Waals surface area contributed by atoms with Crippen LogP contribution in [-0.4, -0.2) is 38.5 Å². The average Bonchev–Trinajstić information content (AvgIpc) is 2.99. The molecule has 1 N–H and O–H groups in total. The van der Waals surface area contributed by atoms with E-state index in [2.05, 4.69) is 24.8 Å². The highest BCUT2D eigenvalue weighted by molar-refractivity contribution is 5.85. The second-order valence-electron chi connectivity index (χ2n) is 8.35. The van der Waals surface area contributed by atoms with Crippen molar-refractivity contribution < 1.29 is 4.79 Å². The Hall–Kier alpha value is -2.96. The highest BCUT2D eigenvalue weighted by Crippen LogP contribution is 2.29. The molecule has 2 aliphatic rings. The summed E-state index contributed by atoms with van der Waals surface area (Å²) in [6.45, 7) is 3.13. The van der Waals surface area contributed by atoms with Gasteiger partial charge in [-0.3, -0.25) is 4.79 Å². The molecule has 0 unspecified atom stereocenters. The van der Waals surface area contributed by atoms with Crippen molar-refractivity contribution in [1.29, 1.82) is 0 Å². The molecule has 1 fully saturated rings. The summed E-state index contributed by atoms with van der Waals surface area (Å²) < 4.78 is 2.27. The molecule has 0 bridgehead atoms. The van der Waals surface area contributed by atoms with Gasteiger partial charge in [-0.25, -0.2) is 15.0 Å². The Balaban J connectivity index is 1.33. The molecule has 2 aliphatic heterocycles. The van der Waals surface area contributed by atoms with Crippen LogP contribution in [0.25, 0.3) is 11.2 Å². The molecule has 0 aliphatic carbocycles. The zero-order valence-corrected chi connectivity index (χ0v) is 17.3. The lowest BCUT2D eigenvalue weighted by Crippen LogP contribution is -2.43. The number of carbonyl (C=O) groups is 1. The maximum Gasteiger partial charge on any atom is 0.225 e. The molecule has 0 spiro atoms. The molecule has 7 heteroatoms. The van der Waals surface area contributed by atoms with Gasteiger partial charge in [-0.05, 0) is 31.2 Å². The number of amides is 1. The van der Waals surface area contributed by atoms with E-state index in [0.29, 0.717) is 13.1 Å². The fourth-order valence-corrected chi connectivity index (χ4v) is 4.67. The minimum absolute atomic E-state index is 0.0343. The van der Waals surface area contributed by atoms with Crippen molar-refractivity contribution in [3.05, 3.63) is 48.0 Å². The maximum atomic E-state index is 12.8. The molecule has 4 heterocycles. The third kappa shape index (κ3) is 3.76. The molecule has 5 rings (SSSR count). The van der Waals surface area contributed by atoms with Crippen LogP contribution in [0.15, 0.2) is 36.7 Å². The number of nitrogens with zero attached hydrogens (tertiary/aromatic N) is 5. The fraction of sp³-hybridized carbons (Fsp3) is 0.478. The lowest BCUT2D eigenvalue weighted by atomic mass is 9.97. The van der Waals surface area contributed by atoms with E-state index in [1.54, 1.807) is 6.33 Å². The van der Waals surface area contributed by atoms with Gasteiger partial charge in [0.2, 0.25) is 5.91 Å². The van der Waals surface area contributed by atoms with Gasteiger partial charge in [-0.1, -0.05) is 36.8 Å². The predicted molar refractivity (Wildman–Crippen MR) is 116 cm³/mol. The Labute approximate surface area is 176 Å². The first kappa shape index (κ1) is 19.0. The molecule has 0 saturated carbocycles. The minimum Gasteiger partial charge on any atom is -0.354 e. The summed E-state index contributed by atoms with van der Waals surface area (Å²) in [4.78, 5) is 29.1. The summed E-state index contributed by atoms with van der Waals surface area (Å²) in [5.74, 6) is 2.09. The van der Waals surface area contributed by atoms with Crippen LogP contribution in [0.1, 0.15) is 43.5 Å². The molecule has 2 aromatic heterocycles. The highest BCUT2D eigenvalue weighted by Gasteiger charge is 2.29. The van der Waals surface area contributed by atoms with E-state index in [-0.39, 0.29) is 11.8 Å². The van der Waals surface area contributed by atoms with Gasteiger partial charge in [0.15, 0.2) is 17.0 Å². The number of carbonyl (C=O) groups excluding carboxylic acids is 1. The highest BCUT2D eigenvalue weighted by atomic mass is 16.1. The number of imidazole rings is 1. The van der Waals surface area contributed by atoms with Gasteiger partial charge in [0.05, 0.1) is 5.92 Å². The second kappa shape index (κ2) is 8.42. The van der Waals surface area contributed by atoms with Gasteiger partial charge < -0.3 is 14.8 Å². The molecule has 1 aromatic carbocycles. The summed E-state index contributed by atoms with van der Waals surface area (Å²) in [5, 5.41) is 3.11. The SMILES string of the molecule is O=C(NCc1ccccc1)[C@H]1CCCN(c2ncnc3c2nc2n3CCCCC2)C1. The Morgan fingerprint density at radius 1 is 1.07 bits per heavy atom. The van der Waals surface area contributed by atoms with Crippen molar-refractivity contribution in [1.82, 2.24) is 24.8 Å². The normalized spacial score (nSPS) is 19.3. The molecule has 1 amide bonds. The largest absolute Gasteiger partial charge is 0.354 e. The van der Waals surface area contributed by atoms with E-state index >= 15 is 0 Å². The van der Waals surface area contributed by atoms with Gasteiger partial charge in [0.25, 0.3) is 0 Å².